The first-order valence-electron chi connectivity index (χ1n) is 6.69. The predicted octanol–water partition coefficient (Wildman–Crippen LogP) is 2.22. The number of nitrogens with zero attached hydrogens (tertiary/aromatic N) is 1. The fourth-order valence-electron chi connectivity index (χ4n) is 2.05. The lowest BCUT2D eigenvalue weighted by molar-refractivity contribution is 0.115. The van der Waals surface area contributed by atoms with Crippen molar-refractivity contribution in [2.75, 3.05) is 40.4 Å². The van der Waals surface area contributed by atoms with Gasteiger partial charge in [-0.3, -0.25) is 4.90 Å². The van der Waals surface area contributed by atoms with Crippen LogP contribution in [0.5, 0.6) is 0 Å². The third-order valence-electron chi connectivity index (χ3n) is 3.07. The fraction of sp³-hybridized carbons (Fsp3) is 1.00. The molecule has 0 aromatic carbocycles. The summed E-state index contributed by atoms with van der Waals surface area (Å²) >= 11 is 0. The summed E-state index contributed by atoms with van der Waals surface area (Å²) in [6, 6.07) is 0.512. The van der Waals surface area contributed by atoms with Gasteiger partial charge < -0.3 is 10.1 Å². The van der Waals surface area contributed by atoms with Crippen LogP contribution in [-0.4, -0.2) is 51.3 Å². The van der Waals surface area contributed by atoms with Gasteiger partial charge in [0.25, 0.3) is 0 Å². The zero-order valence-corrected chi connectivity index (χ0v) is 12.8. The molecule has 3 heteroatoms. The first-order valence-corrected chi connectivity index (χ1v) is 6.69. The van der Waals surface area contributed by atoms with Crippen molar-refractivity contribution in [1.82, 2.24) is 10.2 Å². The molecule has 0 aromatic rings. The van der Waals surface area contributed by atoms with E-state index in [0.717, 1.165) is 26.2 Å². The molecule has 104 valence electrons. The Bertz CT molecular complexity index is 187. The molecule has 1 atom stereocenters. The summed E-state index contributed by atoms with van der Waals surface area (Å²) in [7, 11) is 3.83. The first kappa shape index (κ1) is 16.9. The molecular formula is C14H32N2O. The van der Waals surface area contributed by atoms with E-state index in [1.165, 1.54) is 0 Å². The Morgan fingerprint density at radius 2 is 1.76 bits per heavy atom. The summed E-state index contributed by atoms with van der Waals surface area (Å²) < 4.78 is 5.19. The number of ether oxygens (including phenoxy) is 1. The molecule has 0 saturated carbocycles. The molecule has 0 aromatic heterocycles. The summed E-state index contributed by atoms with van der Waals surface area (Å²) in [6.07, 6.45) is 0. The minimum Gasteiger partial charge on any atom is -0.383 e. The highest BCUT2D eigenvalue weighted by atomic mass is 16.5. The third-order valence-corrected chi connectivity index (χ3v) is 3.07. The second-order valence-electron chi connectivity index (χ2n) is 6.35. The fourth-order valence-corrected chi connectivity index (χ4v) is 2.05. The Labute approximate surface area is 108 Å². The van der Waals surface area contributed by atoms with Gasteiger partial charge in [0.15, 0.2) is 0 Å². The van der Waals surface area contributed by atoms with Crippen molar-refractivity contribution in [2.45, 2.75) is 40.7 Å². The van der Waals surface area contributed by atoms with Gasteiger partial charge >= 0.3 is 0 Å². The van der Waals surface area contributed by atoms with Crippen molar-refractivity contribution < 1.29 is 4.74 Å². The average molecular weight is 244 g/mol. The molecule has 0 bridgehead atoms. The van der Waals surface area contributed by atoms with E-state index in [0.29, 0.717) is 12.0 Å². The highest BCUT2D eigenvalue weighted by Crippen LogP contribution is 2.20. The molecule has 0 aliphatic rings. The van der Waals surface area contributed by atoms with Crippen LogP contribution in [0.25, 0.3) is 0 Å². The normalized spacial score (nSPS) is 14.6. The number of methoxy groups -OCH3 is 1. The van der Waals surface area contributed by atoms with Crippen LogP contribution in [0.4, 0.5) is 0 Å². The van der Waals surface area contributed by atoms with Crippen LogP contribution in [-0.2, 0) is 4.74 Å². The number of likely N-dealkylation sites (N-methyl/N-ethyl adjacent to an activating group) is 1. The molecule has 3 nitrogen and oxygen atoms in total. The monoisotopic (exact) mass is 244 g/mol. The molecule has 0 aliphatic heterocycles. The van der Waals surface area contributed by atoms with Crippen LogP contribution in [0, 0.1) is 11.3 Å². The predicted molar refractivity (Wildman–Crippen MR) is 75.5 cm³/mol. The van der Waals surface area contributed by atoms with Gasteiger partial charge in [-0.15, -0.1) is 0 Å². The third kappa shape index (κ3) is 7.74. The van der Waals surface area contributed by atoms with Crippen LogP contribution >= 0.6 is 0 Å². The van der Waals surface area contributed by atoms with Crippen LogP contribution in [0.1, 0.15) is 34.6 Å². The van der Waals surface area contributed by atoms with E-state index in [1.807, 2.05) is 0 Å². The van der Waals surface area contributed by atoms with Crippen LogP contribution < -0.4 is 5.32 Å². The molecular weight excluding hydrogens is 212 g/mol. The van der Waals surface area contributed by atoms with Crippen molar-refractivity contribution in [1.29, 1.82) is 0 Å². The Kier molecular flexibility index (Phi) is 8.01. The van der Waals surface area contributed by atoms with Crippen molar-refractivity contribution in [2.24, 2.45) is 11.3 Å². The second kappa shape index (κ2) is 8.06. The van der Waals surface area contributed by atoms with Crippen LogP contribution in [0.15, 0.2) is 0 Å². The molecule has 17 heavy (non-hydrogen) atoms. The van der Waals surface area contributed by atoms with Crippen LogP contribution in [0.3, 0.4) is 0 Å². The van der Waals surface area contributed by atoms with E-state index in [4.69, 9.17) is 4.74 Å². The van der Waals surface area contributed by atoms with E-state index in [1.54, 1.807) is 7.11 Å². The molecule has 0 spiro atoms. The molecule has 1 N–H and O–H groups in total. The summed E-state index contributed by atoms with van der Waals surface area (Å²) in [5, 5.41) is 3.44. The largest absolute Gasteiger partial charge is 0.383 e. The summed E-state index contributed by atoms with van der Waals surface area (Å²) in [5.41, 5.74) is 0.289. The van der Waals surface area contributed by atoms with Crippen molar-refractivity contribution in [3.63, 3.8) is 0 Å². The smallest absolute Gasteiger partial charge is 0.0589 e. The van der Waals surface area contributed by atoms with Gasteiger partial charge in [0.05, 0.1) is 6.61 Å². The molecule has 0 aliphatic carbocycles. The van der Waals surface area contributed by atoms with Gasteiger partial charge in [-0.1, -0.05) is 34.6 Å². The van der Waals surface area contributed by atoms with E-state index < -0.39 is 0 Å². The van der Waals surface area contributed by atoms with Gasteiger partial charge in [0.2, 0.25) is 0 Å². The standard InChI is InChI=1S/C14H32N2O/c1-12(2)10-16(8-9-17-7)11-13(15-6)14(3,4)5/h12-13,15H,8-11H2,1-7H3. The Balaban J connectivity index is 4.37. The van der Waals surface area contributed by atoms with Gasteiger partial charge in [0, 0.05) is 32.8 Å². The van der Waals surface area contributed by atoms with E-state index >= 15 is 0 Å². The lowest BCUT2D eigenvalue weighted by atomic mass is 9.86. The summed E-state index contributed by atoms with van der Waals surface area (Å²) in [4.78, 5) is 2.50. The topological polar surface area (TPSA) is 24.5 Å². The Hall–Kier alpha value is -0.120. The minimum atomic E-state index is 0.289. The van der Waals surface area contributed by atoms with E-state index in [9.17, 15) is 0 Å². The number of nitrogens with one attached hydrogen (secondary N) is 1. The second-order valence-corrected chi connectivity index (χ2v) is 6.35. The van der Waals surface area contributed by atoms with Crippen molar-refractivity contribution in [3.8, 4) is 0 Å². The van der Waals surface area contributed by atoms with Crippen molar-refractivity contribution >= 4 is 0 Å². The molecule has 0 saturated heterocycles. The Morgan fingerprint density at radius 3 is 2.12 bits per heavy atom. The van der Waals surface area contributed by atoms with Gasteiger partial charge in [-0.05, 0) is 18.4 Å². The average Bonchev–Trinajstić information content (AvgIpc) is 2.19. The zero-order chi connectivity index (χ0) is 13.5. The van der Waals surface area contributed by atoms with Gasteiger partial charge in [-0.2, -0.15) is 0 Å². The number of hydrogen-bond acceptors (Lipinski definition) is 3. The van der Waals surface area contributed by atoms with E-state index in [-0.39, 0.29) is 5.41 Å². The Morgan fingerprint density at radius 1 is 1.18 bits per heavy atom. The maximum absolute atomic E-state index is 5.19. The lowest BCUT2D eigenvalue weighted by Gasteiger charge is -2.36. The summed E-state index contributed by atoms with van der Waals surface area (Å²) in [5.74, 6) is 0.698. The maximum Gasteiger partial charge on any atom is 0.0589 e. The number of hydrogen-bond donors (Lipinski definition) is 1. The zero-order valence-electron chi connectivity index (χ0n) is 12.8. The SMILES string of the molecule is CNC(CN(CCOC)CC(C)C)C(C)(C)C. The quantitative estimate of drug-likeness (QED) is 0.708. The van der Waals surface area contributed by atoms with Gasteiger partial charge in [-0.25, -0.2) is 0 Å². The first-order chi connectivity index (χ1) is 7.81. The highest BCUT2D eigenvalue weighted by Gasteiger charge is 2.25. The molecule has 0 rings (SSSR count). The summed E-state index contributed by atoms with van der Waals surface area (Å²) in [6.45, 7) is 15.5. The minimum absolute atomic E-state index is 0.289. The highest BCUT2D eigenvalue weighted by molar-refractivity contribution is 4.82. The molecule has 1 unspecified atom stereocenters. The lowest BCUT2D eigenvalue weighted by Crippen LogP contribution is -2.48. The molecule has 0 amide bonds. The number of rotatable bonds is 8. The molecule has 0 radical (unpaired) electrons. The molecule has 0 heterocycles. The maximum atomic E-state index is 5.19. The van der Waals surface area contributed by atoms with Crippen molar-refractivity contribution in [3.05, 3.63) is 0 Å². The van der Waals surface area contributed by atoms with Gasteiger partial charge in [0.1, 0.15) is 0 Å². The van der Waals surface area contributed by atoms with Crippen LogP contribution in [0.2, 0.25) is 0 Å². The molecule has 0 fully saturated rings. The van der Waals surface area contributed by atoms with E-state index in [2.05, 4.69) is 51.9 Å².